The summed E-state index contributed by atoms with van der Waals surface area (Å²) >= 11 is 7.35. The number of hydrogen-bond acceptors (Lipinski definition) is 5. The number of carboxylic acid groups (broad SMARTS) is 1. The van der Waals surface area contributed by atoms with E-state index in [1.54, 1.807) is 24.3 Å². The fourth-order valence-electron chi connectivity index (χ4n) is 2.70. The van der Waals surface area contributed by atoms with E-state index in [-0.39, 0.29) is 10.6 Å². The number of halogens is 1. The van der Waals surface area contributed by atoms with Crippen molar-refractivity contribution < 1.29 is 14.3 Å². The molecule has 2 heterocycles. The summed E-state index contributed by atoms with van der Waals surface area (Å²) in [6, 6.07) is 17.9. The number of hydrogen-bond donors (Lipinski definition) is 1. The molecular formula is C21H11ClN2O3S. The molecule has 0 aliphatic rings. The molecule has 2 aromatic heterocycles. The number of aromatic carboxylic acids is 1. The van der Waals surface area contributed by atoms with E-state index >= 15 is 0 Å². The molecule has 4 rings (SSSR count). The highest BCUT2D eigenvalue weighted by molar-refractivity contribution is 7.19. The van der Waals surface area contributed by atoms with Crippen molar-refractivity contribution in [2.45, 2.75) is 0 Å². The van der Waals surface area contributed by atoms with Gasteiger partial charge in [-0.3, -0.25) is 0 Å². The summed E-state index contributed by atoms with van der Waals surface area (Å²) in [6.45, 7) is 0. The Morgan fingerprint density at radius 3 is 2.79 bits per heavy atom. The van der Waals surface area contributed by atoms with E-state index < -0.39 is 5.97 Å². The highest BCUT2D eigenvalue weighted by atomic mass is 35.5. The van der Waals surface area contributed by atoms with Crippen LogP contribution in [0.4, 0.5) is 0 Å². The number of fused-ring (bicyclic) bond motifs is 1. The van der Waals surface area contributed by atoms with Crippen molar-refractivity contribution in [3.63, 3.8) is 0 Å². The molecule has 28 heavy (non-hydrogen) atoms. The predicted molar refractivity (Wildman–Crippen MR) is 109 cm³/mol. The summed E-state index contributed by atoms with van der Waals surface area (Å²) in [4.78, 5) is 15.8. The maximum Gasteiger partial charge on any atom is 0.337 e. The first-order valence-electron chi connectivity index (χ1n) is 8.16. The third-order valence-corrected chi connectivity index (χ3v) is 5.44. The van der Waals surface area contributed by atoms with Gasteiger partial charge >= 0.3 is 5.97 Å². The van der Waals surface area contributed by atoms with Crippen LogP contribution in [0, 0.1) is 11.3 Å². The lowest BCUT2D eigenvalue weighted by Crippen LogP contribution is -1.97. The SMILES string of the molecule is N#CC(=Cc1ccc(-c2ccc(Cl)c(C(=O)O)c2)o1)c1nc2ccccc2s1. The fraction of sp³-hybridized carbons (Fsp3) is 0. The Balaban J connectivity index is 1.69. The van der Waals surface area contributed by atoms with E-state index in [0.29, 0.717) is 27.7 Å². The molecule has 0 aliphatic heterocycles. The molecular weight excluding hydrogens is 396 g/mol. The zero-order valence-electron chi connectivity index (χ0n) is 14.2. The van der Waals surface area contributed by atoms with Crippen molar-refractivity contribution in [3.05, 3.63) is 76.0 Å². The number of nitriles is 1. The van der Waals surface area contributed by atoms with Crippen LogP contribution in [0.25, 0.3) is 33.2 Å². The lowest BCUT2D eigenvalue weighted by Gasteiger charge is -2.02. The molecule has 0 radical (unpaired) electrons. The van der Waals surface area contributed by atoms with E-state index in [2.05, 4.69) is 11.1 Å². The first kappa shape index (κ1) is 18.0. The van der Waals surface area contributed by atoms with Crippen molar-refractivity contribution in [2.24, 2.45) is 0 Å². The molecule has 0 aliphatic carbocycles. The number of benzene rings is 2. The average molecular weight is 407 g/mol. The smallest absolute Gasteiger partial charge is 0.337 e. The molecule has 0 unspecified atom stereocenters. The van der Waals surface area contributed by atoms with Crippen LogP contribution in [0.2, 0.25) is 5.02 Å². The topological polar surface area (TPSA) is 87.1 Å². The molecule has 0 bridgehead atoms. The first-order chi connectivity index (χ1) is 13.5. The summed E-state index contributed by atoms with van der Waals surface area (Å²) < 4.78 is 6.79. The summed E-state index contributed by atoms with van der Waals surface area (Å²) in [5, 5.41) is 19.5. The van der Waals surface area contributed by atoms with Crippen molar-refractivity contribution in [3.8, 4) is 17.4 Å². The van der Waals surface area contributed by atoms with Gasteiger partial charge in [-0.25, -0.2) is 9.78 Å². The second-order valence-electron chi connectivity index (χ2n) is 5.86. The normalized spacial score (nSPS) is 11.5. The van der Waals surface area contributed by atoms with Crippen molar-refractivity contribution in [1.29, 1.82) is 5.26 Å². The number of para-hydroxylation sites is 1. The Bertz CT molecular complexity index is 1250. The van der Waals surface area contributed by atoms with Crippen LogP contribution in [-0.2, 0) is 0 Å². The molecule has 7 heteroatoms. The summed E-state index contributed by atoms with van der Waals surface area (Å²) in [7, 11) is 0. The van der Waals surface area contributed by atoms with Gasteiger partial charge < -0.3 is 9.52 Å². The monoisotopic (exact) mass is 406 g/mol. The fourth-order valence-corrected chi connectivity index (χ4v) is 3.83. The Morgan fingerprint density at radius 2 is 2.04 bits per heavy atom. The minimum Gasteiger partial charge on any atom is -0.478 e. The maximum atomic E-state index is 11.3. The molecule has 0 spiro atoms. The summed E-state index contributed by atoms with van der Waals surface area (Å²) in [5.74, 6) is -0.161. The lowest BCUT2D eigenvalue weighted by atomic mass is 10.1. The second-order valence-corrected chi connectivity index (χ2v) is 7.30. The van der Waals surface area contributed by atoms with Crippen LogP contribution in [0.15, 0.2) is 59.0 Å². The number of carbonyl (C=O) groups is 1. The van der Waals surface area contributed by atoms with Crippen LogP contribution < -0.4 is 0 Å². The number of carboxylic acids is 1. The summed E-state index contributed by atoms with van der Waals surface area (Å²) in [6.07, 6.45) is 1.62. The van der Waals surface area contributed by atoms with Gasteiger partial charge in [0.05, 0.1) is 26.4 Å². The van der Waals surface area contributed by atoms with E-state index in [1.807, 2.05) is 24.3 Å². The van der Waals surface area contributed by atoms with Crippen molar-refractivity contribution in [1.82, 2.24) is 4.98 Å². The van der Waals surface area contributed by atoms with E-state index in [1.165, 1.54) is 23.5 Å². The van der Waals surface area contributed by atoms with Crippen LogP contribution in [0.5, 0.6) is 0 Å². The van der Waals surface area contributed by atoms with Gasteiger partial charge in [-0.2, -0.15) is 5.26 Å². The van der Waals surface area contributed by atoms with E-state index in [9.17, 15) is 15.2 Å². The molecule has 0 amide bonds. The number of thiazole rings is 1. The third kappa shape index (κ3) is 3.41. The van der Waals surface area contributed by atoms with Crippen LogP contribution >= 0.6 is 22.9 Å². The zero-order chi connectivity index (χ0) is 19.7. The highest BCUT2D eigenvalue weighted by Crippen LogP contribution is 2.30. The van der Waals surface area contributed by atoms with Gasteiger partial charge in [-0.05, 0) is 42.5 Å². The van der Waals surface area contributed by atoms with Crippen LogP contribution in [0.3, 0.4) is 0 Å². The Kier molecular flexibility index (Phi) is 4.70. The first-order valence-corrected chi connectivity index (χ1v) is 9.35. The Hall–Kier alpha value is -3.40. The van der Waals surface area contributed by atoms with Crippen LogP contribution in [-0.4, -0.2) is 16.1 Å². The molecule has 1 N–H and O–H groups in total. The third-order valence-electron chi connectivity index (χ3n) is 4.04. The highest BCUT2D eigenvalue weighted by Gasteiger charge is 2.13. The largest absolute Gasteiger partial charge is 0.478 e. The number of nitrogens with zero attached hydrogens (tertiary/aromatic N) is 2. The number of allylic oxidation sites excluding steroid dienone is 1. The van der Waals surface area contributed by atoms with E-state index in [0.717, 1.165) is 10.2 Å². The number of rotatable bonds is 4. The van der Waals surface area contributed by atoms with Gasteiger partial charge in [0, 0.05) is 11.6 Å². The molecule has 0 atom stereocenters. The quantitative estimate of drug-likeness (QED) is 0.421. The zero-order valence-corrected chi connectivity index (χ0v) is 15.8. The minimum absolute atomic E-state index is 0.000140. The Labute approximate surface area is 168 Å². The van der Waals surface area contributed by atoms with Gasteiger partial charge in [0.25, 0.3) is 0 Å². The molecule has 0 fully saturated rings. The van der Waals surface area contributed by atoms with E-state index in [4.69, 9.17) is 16.0 Å². The maximum absolute atomic E-state index is 11.3. The van der Waals surface area contributed by atoms with Gasteiger partial charge in [0.2, 0.25) is 0 Å². The van der Waals surface area contributed by atoms with Gasteiger partial charge in [0.15, 0.2) is 0 Å². The predicted octanol–water partition coefficient (Wildman–Crippen LogP) is 5.97. The Morgan fingerprint density at radius 1 is 1.21 bits per heavy atom. The van der Waals surface area contributed by atoms with Gasteiger partial charge in [-0.1, -0.05) is 23.7 Å². The second kappa shape index (κ2) is 7.31. The molecule has 136 valence electrons. The van der Waals surface area contributed by atoms with Crippen LogP contribution in [0.1, 0.15) is 21.1 Å². The van der Waals surface area contributed by atoms with Gasteiger partial charge in [0.1, 0.15) is 22.6 Å². The minimum atomic E-state index is -1.11. The van der Waals surface area contributed by atoms with Gasteiger partial charge in [-0.15, -0.1) is 11.3 Å². The number of aromatic nitrogens is 1. The molecule has 4 aromatic rings. The number of furan rings is 1. The molecule has 0 saturated heterocycles. The molecule has 0 saturated carbocycles. The molecule has 2 aromatic carbocycles. The molecule has 5 nitrogen and oxygen atoms in total. The average Bonchev–Trinajstić information content (AvgIpc) is 3.33. The van der Waals surface area contributed by atoms with Crippen molar-refractivity contribution in [2.75, 3.05) is 0 Å². The summed E-state index contributed by atoms with van der Waals surface area (Å²) in [5.41, 5.74) is 1.82. The lowest BCUT2D eigenvalue weighted by molar-refractivity contribution is 0.0697. The van der Waals surface area contributed by atoms with Crippen molar-refractivity contribution >= 4 is 50.8 Å². The standard InChI is InChI=1S/C21H11ClN2O3S/c22-16-7-5-12(10-15(16)21(25)26)18-8-6-14(27-18)9-13(11-23)20-24-17-3-1-2-4-19(17)28-20/h1-10H,(H,25,26).